The van der Waals surface area contributed by atoms with Crippen molar-refractivity contribution in [2.24, 2.45) is 11.8 Å². The summed E-state index contributed by atoms with van der Waals surface area (Å²) >= 11 is 0. The van der Waals surface area contributed by atoms with Crippen LogP contribution in [-0.2, 0) is 0 Å². The van der Waals surface area contributed by atoms with Crippen LogP contribution >= 0.6 is 0 Å². The SMILES string of the molecule is C=CC(C)CC(C)CCC. The zero-order chi connectivity index (χ0) is 7.98. The second-order valence-electron chi connectivity index (χ2n) is 3.34. The zero-order valence-corrected chi connectivity index (χ0v) is 7.56. The van der Waals surface area contributed by atoms with Crippen molar-refractivity contribution in [3.8, 4) is 0 Å². The molecule has 2 atom stereocenters. The van der Waals surface area contributed by atoms with Crippen LogP contribution in [0.5, 0.6) is 0 Å². The molecule has 0 aromatic heterocycles. The zero-order valence-electron chi connectivity index (χ0n) is 7.56. The van der Waals surface area contributed by atoms with E-state index in [9.17, 15) is 0 Å². The van der Waals surface area contributed by atoms with Gasteiger partial charge in [-0.1, -0.05) is 39.7 Å². The van der Waals surface area contributed by atoms with Gasteiger partial charge in [0.1, 0.15) is 0 Å². The van der Waals surface area contributed by atoms with Gasteiger partial charge in [0.05, 0.1) is 0 Å². The van der Waals surface area contributed by atoms with Gasteiger partial charge < -0.3 is 0 Å². The van der Waals surface area contributed by atoms with Gasteiger partial charge in [-0.2, -0.15) is 0 Å². The molecule has 0 aliphatic rings. The second-order valence-corrected chi connectivity index (χ2v) is 3.34. The van der Waals surface area contributed by atoms with Gasteiger partial charge in [0, 0.05) is 0 Å². The number of hydrogen-bond donors (Lipinski definition) is 0. The summed E-state index contributed by atoms with van der Waals surface area (Å²) in [5, 5.41) is 0. The summed E-state index contributed by atoms with van der Waals surface area (Å²) in [5.41, 5.74) is 0. The molecule has 0 spiro atoms. The van der Waals surface area contributed by atoms with Crippen LogP contribution < -0.4 is 0 Å². The predicted molar refractivity (Wildman–Crippen MR) is 48.1 cm³/mol. The summed E-state index contributed by atoms with van der Waals surface area (Å²) in [5.74, 6) is 1.57. The lowest BCUT2D eigenvalue weighted by molar-refractivity contribution is 0.435. The van der Waals surface area contributed by atoms with Crippen LogP contribution in [0.4, 0.5) is 0 Å². The van der Waals surface area contributed by atoms with E-state index in [0.717, 1.165) is 5.92 Å². The molecule has 0 aliphatic heterocycles. The molecule has 0 aliphatic carbocycles. The van der Waals surface area contributed by atoms with Gasteiger partial charge in [-0.15, -0.1) is 6.58 Å². The van der Waals surface area contributed by atoms with Crippen LogP contribution in [0.1, 0.15) is 40.0 Å². The van der Waals surface area contributed by atoms with Gasteiger partial charge in [0.15, 0.2) is 0 Å². The first kappa shape index (κ1) is 9.74. The van der Waals surface area contributed by atoms with Crippen molar-refractivity contribution in [2.75, 3.05) is 0 Å². The first-order valence-corrected chi connectivity index (χ1v) is 4.33. The quantitative estimate of drug-likeness (QED) is 0.511. The molecule has 10 heavy (non-hydrogen) atoms. The van der Waals surface area contributed by atoms with E-state index in [1.807, 2.05) is 6.08 Å². The molecule has 0 amide bonds. The highest BCUT2D eigenvalue weighted by Crippen LogP contribution is 2.16. The van der Waals surface area contributed by atoms with Crippen molar-refractivity contribution in [1.82, 2.24) is 0 Å². The molecule has 0 rings (SSSR count). The normalized spacial score (nSPS) is 16.3. The van der Waals surface area contributed by atoms with Crippen molar-refractivity contribution in [2.45, 2.75) is 40.0 Å². The fourth-order valence-electron chi connectivity index (χ4n) is 1.34. The van der Waals surface area contributed by atoms with E-state index in [1.165, 1.54) is 19.3 Å². The Morgan fingerprint density at radius 2 is 2.00 bits per heavy atom. The summed E-state index contributed by atoms with van der Waals surface area (Å²) < 4.78 is 0. The third kappa shape index (κ3) is 4.60. The summed E-state index contributed by atoms with van der Waals surface area (Å²) in [6.07, 6.45) is 6.02. The molecule has 60 valence electrons. The Morgan fingerprint density at radius 1 is 1.40 bits per heavy atom. The van der Waals surface area contributed by atoms with Crippen LogP contribution in [0.25, 0.3) is 0 Å². The largest absolute Gasteiger partial charge is 0.103 e. The summed E-state index contributed by atoms with van der Waals surface area (Å²) in [6.45, 7) is 10.6. The lowest BCUT2D eigenvalue weighted by atomic mass is 9.94. The van der Waals surface area contributed by atoms with Crippen LogP contribution in [0.15, 0.2) is 12.7 Å². The molecule has 0 bridgehead atoms. The fourth-order valence-corrected chi connectivity index (χ4v) is 1.34. The highest BCUT2D eigenvalue weighted by Gasteiger charge is 2.03. The average Bonchev–Trinajstić information content (AvgIpc) is 1.88. The van der Waals surface area contributed by atoms with E-state index >= 15 is 0 Å². The predicted octanol–water partition coefficient (Wildman–Crippen LogP) is 3.63. The molecule has 0 aromatic rings. The van der Waals surface area contributed by atoms with Crippen molar-refractivity contribution >= 4 is 0 Å². The minimum atomic E-state index is 0.696. The summed E-state index contributed by atoms with van der Waals surface area (Å²) in [4.78, 5) is 0. The van der Waals surface area contributed by atoms with Gasteiger partial charge in [-0.25, -0.2) is 0 Å². The van der Waals surface area contributed by atoms with E-state index < -0.39 is 0 Å². The van der Waals surface area contributed by atoms with Crippen molar-refractivity contribution < 1.29 is 0 Å². The molecular formula is C10H20. The van der Waals surface area contributed by atoms with Crippen LogP contribution in [0.2, 0.25) is 0 Å². The molecule has 2 unspecified atom stereocenters. The Bertz CT molecular complexity index is 84.0. The molecule has 0 fully saturated rings. The van der Waals surface area contributed by atoms with E-state index in [0.29, 0.717) is 5.92 Å². The Kier molecular flexibility index (Phi) is 5.38. The molecule has 0 N–H and O–H groups in total. The maximum absolute atomic E-state index is 3.77. The average molecular weight is 140 g/mol. The topological polar surface area (TPSA) is 0 Å². The number of rotatable bonds is 5. The van der Waals surface area contributed by atoms with Crippen LogP contribution in [0.3, 0.4) is 0 Å². The first-order chi connectivity index (χ1) is 4.70. The minimum Gasteiger partial charge on any atom is -0.103 e. The first-order valence-electron chi connectivity index (χ1n) is 4.33. The molecule has 0 radical (unpaired) electrons. The van der Waals surface area contributed by atoms with Crippen LogP contribution in [0, 0.1) is 11.8 Å². The van der Waals surface area contributed by atoms with E-state index in [-0.39, 0.29) is 0 Å². The molecule has 0 nitrogen and oxygen atoms in total. The van der Waals surface area contributed by atoms with Gasteiger partial charge in [-0.3, -0.25) is 0 Å². The molecule has 0 saturated carbocycles. The van der Waals surface area contributed by atoms with Gasteiger partial charge in [0.2, 0.25) is 0 Å². The number of allylic oxidation sites excluding steroid dienone is 1. The fraction of sp³-hybridized carbons (Fsp3) is 0.800. The molecule has 0 heteroatoms. The highest BCUT2D eigenvalue weighted by molar-refractivity contribution is 4.76. The summed E-state index contributed by atoms with van der Waals surface area (Å²) in [7, 11) is 0. The minimum absolute atomic E-state index is 0.696. The summed E-state index contributed by atoms with van der Waals surface area (Å²) in [6, 6.07) is 0. The smallest absolute Gasteiger partial charge is 0.0262 e. The maximum Gasteiger partial charge on any atom is -0.0262 e. The van der Waals surface area contributed by atoms with Gasteiger partial charge in [-0.05, 0) is 18.3 Å². The molecular weight excluding hydrogens is 120 g/mol. The second kappa shape index (κ2) is 5.52. The lowest BCUT2D eigenvalue weighted by Gasteiger charge is -2.12. The highest BCUT2D eigenvalue weighted by atomic mass is 14.1. The monoisotopic (exact) mass is 140 g/mol. The van der Waals surface area contributed by atoms with Gasteiger partial charge in [0.25, 0.3) is 0 Å². The molecule has 0 saturated heterocycles. The number of hydrogen-bond acceptors (Lipinski definition) is 0. The molecule has 0 heterocycles. The Morgan fingerprint density at radius 3 is 2.40 bits per heavy atom. The van der Waals surface area contributed by atoms with Crippen molar-refractivity contribution in [3.63, 3.8) is 0 Å². The van der Waals surface area contributed by atoms with Crippen LogP contribution in [-0.4, -0.2) is 0 Å². The standard InChI is InChI=1S/C10H20/c1-5-7-10(4)8-9(3)6-2/h6,9-10H,2,5,7-8H2,1,3-4H3. The third-order valence-electron chi connectivity index (χ3n) is 1.96. The third-order valence-corrected chi connectivity index (χ3v) is 1.96. The van der Waals surface area contributed by atoms with Gasteiger partial charge >= 0.3 is 0 Å². The van der Waals surface area contributed by atoms with E-state index in [4.69, 9.17) is 0 Å². The molecule has 0 aromatic carbocycles. The Balaban J connectivity index is 3.36. The van der Waals surface area contributed by atoms with Crippen molar-refractivity contribution in [3.05, 3.63) is 12.7 Å². The van der Waals surface area contributed by atoms with Crippen molar-refractivity contribution in [1.29, 1.82) is 0 Å². The Hall–Kier alpha value is -0.260. The van der Waals surface area contributed by atoms with E-state index in [2.05, 4.69) is 27.4 Å². The maximum atomic E-state index is 3.77. The van der Waals surface area contributed by atoms with E-state index in [1.54, 1.807) is 0 Å². The Labute approximate surface area is 65.3 Å². The lowest BCUT2D eigenvalue weighted by Crippen LogP contribution is -1.99.